The van der Waals surface area contributed by atoms with Crippen LogP contribution in [-0.2, 0) is 0 Å². The molecule has 3 aromatic heterocycles. The van der Waals surface area contributed by atoms with Crippen LogP contribution in [0.2, 0.25) is 0 Å². The normalized spacial score (nSPS) is 11.7. The standard InChI is InChI=1S/C49H31N5/c1-3-14-33(15-4-1)47-50-48(52-49(51-47)35-26-29-44-41(31-35)39-19-9-11-21-42(39)53(44)36-16-5-2-6-17-36)34-23-27-37(28-24-34)54-43-22-12-10-20-40(43)46-38-18-8-7-13-32(38)25-30-45(46)54/h1-31H. The molecule has 0 saturated carbocycles. The molecule has 0 radical (unpaired) electrons. The van der Waals surface area contributed by atoms with Crippen molar-refractivity contribution >= 4 is 54.4 Å². The molecule has 11 rings (SSSR count). The predicted octanol–water partition coefficient (Wildman–Crippen LogP) is 12.2. The maximum absolute atomic E-state index is 5.14. The van der Waals surface area contributed by atoms with E-state index in [0.29, 0.717) is 17.5 Å². The Labute approximate surface area is 311 Å². The summed E-state index contributed by atoms with van der Waals surface area (Å²) in [5.74, 6) is 1.90. The monoisotopic (exact) mass is 689 g/mol. The summed E-state index contributed by atoms with van der Waals surface area (Å²) in [7, 11) is 0. The van der Waals surface area contributed by atoms with E-state index in [1.54, 1.807) is 0 Å². The van der Waals surface area contributed by atoms with Crippen LogP contribution in [-0.4, -0.2) is 24.1 Å². The molecule has 0 amide bonds. The molecule has 0 spiro atoms. The van der Waals surface area contributed by atoms with Gasteiger partial charge in [-0.25, -0.2) is 15.0 Å². The van der Waals surface area contributed by atoms with E-state index in [9.17, 15) is 0 Å². The Hall–Kier alpha value is -7.37. The van der Waals surface area contributed by atoms with Gasteiger partial charge in [0.2, 0.25) is 0 Å². The highest BCUT2D eigenvalue weighted by atomic mass is 15.0. The van der Waals surface area contributed by atoms with Gasteiger partial charge >= 0.3 is 0 Å². The van der Waals surface area contributed by atoms with E-state index in [4.69, 9.17) is 15.0 Å². The van der Waals surface area contributed by atoms with E-state index >= 15 is 0 Å². The summed E-state index contributed by atoms with van der Waals surface area (Å²) in [6.45, 7) is 0. The van der Waals surface area contributed by atoms with Gasteiger partial charge in [0.15, 0.2) is 17.5 Å². The molecule has 54 heavy (non-hydrogen) atoms. The lowest BCUT2D eigenvalue weighted by atomic mass is 10.0. The number of nitrogens with zero attached hydrogens (tertiary/aromatic N) is 5. The van der Waals surface area contributed by atoms with Crippen LogP contribution in [0.25, 0.3) is 99.9 Å². The maximum atomic E-state index is 5.14. The van der Waals surface area contributed by atoms with Gasteiger partial charge < -0.3 is 9.13 Å². The number of fused-ring (bicyclic) bond motifs is 8. The van der Waals surface area contributed by atoms with E-state index in [1.807, 2.05) is 18.2 Å². The first-order chi connectivity index (χ1) is 26.8. The van der Waals surface area contributed by atoms with E-state index < -0.39 is 0 Å². The highest BCUT2D eigenvalue weighted by Crippen LogP contribution is 2.38. The van der Waals surface area contributed by atoms with Crippen molar-refractivity contribution < 1.29 is 0 Å². The summed E-state index contributed by atoms with van der Waals surface area (Å²) >= 11 is 0. The van der Waals surface area contributed by atoms with Gasteiger partial charge in [0.1, 0.15) is 0 Å². The van der Waals surface area contributed by atoms with Crippen LogP contribution < -0.4 is 0 Å². The Kier molecular flexibility index (Phi) is 6.79. The quantitative estimate of drug-likeness (QED) is 0.181. The molecule has 0 aliphatic heterocycles. The third-order valence-electron chi connectivity index (χ3n) is 10.6. The van der Waals surface area contributed by atoms with Gasteiger partial charge in [0.05, 0.1) is 22.1 Å². The number of aromatic nitrogens is 5. The minimum atomic E-state index is 0.630. The van der Waals surface area contributed by atoms with Gasteiger partial charge in [-0.3, -0.25) is 0 Å². The molecule has 0 fully saturated rings. The number of para-hydroxylation sites is 3. The second-order valence-corrected chi connectivity index (χ2v) is 13.7. The molecule has 8 aromatic carbocycles. The highest BCUT2D eigenvalue weighted by molar-refractivity contribution is 6.21. The molecule has 5 heteroatoms. The third kappa shape index (κ3) is 4.76. The molecule has 11 aromatic rings. The summed E-state index contributed by atoms with van der Waals surface area (Å²) in [6, 6.07) is 66.1. The molecule has 0 atom stereocenters. The average Bonchev–Trinajstić information content (AvgIpc) is 3.77. The zero-order valence-corrected chi connectivity index (χ0v) is 29.1. The molecule has 0 aliphatic carbocycles. The third-order valence-corrected chi connectivity index (χ3v) is 10.6. The van der Waals surface area contributed by atoms with Crippen LogP contribution in [0.15, 0.2) is 188 Å². The molecule has 0 unspecified atom stereocenters. The first-order valence-electron chi connectivity index (χ1n) is 18.2. The maximum Gasteiger partial charge on any atom is 0.164 e. The Morgan fingerprint density at radius 3 is 1.52 bits per heavy atom. The van der Waals surface area contributed by atoms with Gasteiger partial charge in [-0.1, -0.05) is 115 Å². The lowest BCUT2D eigenvalue weighted by Gasteiger charge is -2.11. The fraction of sp³-hybridized carbons (Fsp3) is 0. The first kappa shape index (κ1) is 30.3. The van der Waals surface area contributed by atoms with E-state index in [1.165, 1.54) is 38.0 Å². The first-order valence-corrected chi connectivity index (χ1v) is 18.2. The van der Waals surface area contributed by atoms with Gasteiger partial charge in [-0.2, -0.15) is 0 Å². The molecule has 0 aliphatic rings. The molecule has 0 saturated heterocycles. The van der Waals surface area contributed by atoms with E-state index in [0.717, 1.165) is 44.5 Å². The lowest BCUT2D eigenvalue weighted by molar-refractivity contribution is 1.07. The second kappa shape index (κ2) is 12.1. The molecule has 0 bridgehead atoms. The van der Waals surface area contributed by atoms with Gasteiger partial charge in [-0.05, 0) is 83.6 Å². The number of hydrogen-bond donors (Lipinski definition) is 0. The van der Waals surface area contributed by atoms with E-state index in [-0.39, 0.29) is 0 Å². The van der Waals surface area contributed by atoms with Crippen LogP contribution in [0.4, 0.5) is 0 Å². The smallest absolute Gasteiger partial charge is 0.164 e. The number of benzene rings is 8. The Bertz CT molecular complexity index is 3200. The zero-order chi connectivity index (χ0) is 35.6. The van der Waals surface area contributed by atoms with Crippen LogP contribution in [0.3, 0.4) is 0 Å². The summed E-state index contributed by atoms with van der Waals surface area (Å²) < 4.78 is 4.68. The van der Waals surface area contributed by atoms with Crippen LogP contribution in [0.1, 0.15) is 0 Å². The lowest BCUT2D eigenvalue weighted by Crippen LogP contribution is -2.00. The Morgan fingerprint density at radius 2 is 0.778 bits per heavy atom. The van der Waals surface area contributed by atoms with Crippen molar-refractivity contribution in [2.45, 2.75) is 0 Å². The molecule has 5 nitrogen and oxygen atoms in total. The summed E-state index contributed by atoms with van der Waals surface area (Å²) in [4.78, 5) is 15.3. The number of rotatable bonds is 5. The summed E-state index contributed by atoms with van der Waals surface area (Å²) in [6.07, 6.45) is 0. The van der Waals surface area contributed by atoms with Crippen molar-refractivity contribution in [1.29, 1.82) is 0 Å². The SMILES string of the molecule is c1ccc(-c2nc(-c3ccc(-n4c5ccccc5c5c6ccccc6ccc54)cc3)nc(-c3ccc4c(c3)c3ccccc3n4-c3ccccc3)n2)cc1. The minimum Gasteiger partial charge on any atom is -0.309 e. The van der Waals surface area contributed by atoms with Gasteiger partial charge in [0, 0.05) is 49.6 Å². The highest BCUT2D eigenvalue weighted by Gasteiger charge is 2.18. The van der Waals surface area contributed by atoms with Gasteiger partial charge in [0.25, 0.3) is 0 Å². The molecular weight excluding hydrogens is 659 g/mol. The average molecular weight is 690 g/mol. The van der Waals surface area contributed by atoms with Gasteiger partial charge in [-0.15, -0.1) is 0 Å². The largest absolute Gasteiger partial charge is 0.309 e. The van der Waals surface area contributed by atoms with Crippen LogP contribution in [0.5, 0.6) is 0 Å². The fourth-order valence-corrected chi connectivity index (χ4v) is 8.09. The van der Waals surface area contributed by atoms with Crippen molar-refractivity contribution in [2.24, 2.45) is 0 Å². The summed E-state index contributed by atoms with van der Waals surface area (Å²) in [5.41, 5.74) is 9.67. The second-order valence-electron chi connectivity index (χ2n) is 13.7. The van der Waals surface area contributed by atoms with Crippen molar-refractivity contribution in [1.82, 2.24) is 24.1 Å². The van der Waals surface area contributed by atoms with Crippen molar-refractivity contribution in [2.75, 3.05) is 0 Å². The predicted molar refractivity (Wildman–Crippen MR) is 222 cm³/mol. The van der Waals surface area contributed by atoms with Crippen LogP contribution in [0, 0.1) is 0 Å². The number of hydrogen-bond acceptors (Lipinski definition) is 3. The van der Waals surface area contributed by atoms with E-state index in [2.05, 4.69) is 179 Å². The molecular formula is C49H31N5. The summed E-state index contributed by atoms with van der Waals surface area (Å²) in [5, 5.41) is 7.35. The Balaban J connectivity index is 1.06. The fourth-order valence-electron chi connectivity index (χ4n) is 8.09. The molecule has 0 N–H and O–H groups in total. The molecule has 252 valence electrons. The topological polar surface area (TPSA) is 48.5 Å². The van der Waals surface area contributed by atoms with Crippen molar-refractivity contribution in [3.8, 4) is 45.5 Å². The van der Waals surface area contributed by atoms with Crippen LogP contribution >= 0.6 is 0 Å². The Morgan fingerprint density at radius 1 is 0.296 bits per heavy atom. The zero-order valence-electron chi connectivity index (χ0n) is 29.1. The van der Waals surface area contributed by atoms with Crippen molar-refractivity contribution in [3.63, 3.8) is 0 Å². The van der Waals surface area contributed by atoms with Crippen molar-refractivity contribution in [3.05, 3.63) is 188 Å². The minimum absolute atomic E-state index is 0.630. The molecule has 3 heterocycles.